The number of benzene rings is 3. The number of sulfonamides is 1. The first-order valence-electron chi connectivity index (χ1n) is 10.9. The minimum atomic E-state index is -3.84. The molecule has 2 N–H and O–H groups in total. The molecule has 0 saturated carbocycles. The summed E-state index contributed by atoms with van der Waals surface area (Å²) in [5.41, 5.74) is 1.94. The fourth-order valence-electron chi connectivity index (χ4n) is 3.23. The van der Waals surface area contributed by atoms with Crippen molar-refractivity contribution in [2.75, 3.05) is 6.54 Å². The van der Waals surface area contributed by atoms with Crippen molar-refractivity contribution in [3.05, 3.63) is 102 Å². The van der Waals surface area contributed by atoms with Gasteiger partial charge in [0.15, 0.2) is 6.10 Å². The summed E-state index contributed by atoms with van der Waals surface area (Å²) in [5, 5.41) is 2.78. The van der Waals surface area contributed by atoms with Crippen LogP contribution in [0.15, 0.2) is 89.8 Å². The van der Waals surface area contributed by atoms with Crippen LogP contribution in [0.3, 0.4) is 0 Å². The molecule has 178 valence electrons. The average Bonchev–Trinajstić information content (AvgIpc) is 2.87. The van der Waals surface area contributed by atoms with Crippen LogP contribution < -0.4 is 10.0 Å². The van der Waals surface area contributed by atoms with Crippen LogP contribution in [-0.2, 0) is 26.1 Å². The van der Waals surface area contributed by atoms with Crippen LogP contribution in [0.2, 0.25) is 0 Å². The smallest absolute Gasteiger partial charge is 0.338 e. The number of carbonyl (C=O) groups excluding carboxylic acids is 2. The molecule has 3 aromatic carbocycles. The highest BCUT2D eigenvalue weighted by Crippen LogP contribution is 2.15. The Labute approximate surface area is 200 Å². The highest BCUT2D eigenvalue weighted by Gasteiger charge is 2.21. The van der Waals surface area contributed by atoms with E-state index < -0.39 is 28.0 Å². The fourth-order valence-corrected chi connectivity index (χ4v) is 4.29. The lowest BCUT2D eigenvalue weighted by Gasteiger charge is -2.17. The summed E-state index contributed by atoms with van der Waals surface area (Å²) < 4.78 is 33.1. The van der Waals surface area contributed by atoms with Crippen molar-refractivity contribution >= 4 is 21.9 Å². The maximum atomic E-state index is 12.6. The first kappa shape index (κ1) is 25.1. The van der Waals surface area contributed by atoms with Gasteiger partial charge in [-0.15, -0.1) is 0 Å². The summed E-state index contributed by atoms with van der Waals surface area (Å²) in [6.07, 6.45) is -1.04. The van der Waals surface area contributed by atoms with Gasteiger partial charge in [0.1, 0.15) is 0 Å². The average molecular weight is 481 g/mol. The molecule has 0 aliphatic carbocycles. The van der Waals surface area contributed by atoms with Crippen LogP contribution in [0.5, 0.6) is 0 Å². The molecule has 3 rings (SSSR count). The third-order valence-electron chi connectivity index (χ3n) is 5.29. The van der Waals surface area contributed by atoms with Crippen LogP contribution in [0, 0.1) is 0 Å². The van der Waals surface area contributed by atoms with Gasteiger partial charge in [-0.05, 0) is 42.2 Å². The second kappa shape index (κ2) is 11.6. The second-order valence-corrected chi connectivity index (χ2v) is 9.71. The Balaban J connectivity index is 1.57. The normalized spacial score (nSPS) is 13.0. The number of hydrogen-bond donors (Lipinski definition) is 2. The minimum absolute atomic E-state index is 0.0416. The summed E-state index contributed by atoms with van der Waals surface area (Å²) >= 11 is 0. The summed E-state index contributed by atoms with van der Waals surface area (Å²) in [5.74, 6) is -1.11. The zero-order valence-corrected chi connectivity index (χ0v) is 19.9. The molecule has 3 aromatic rings. The van der Waals surface area contributed by atoms with Crippen LogP contribution in [-0.4, -0.2) is 32.9 Å². The highest BCUT2D eigenvalue weighted by molar-refractivity contribution is 7.89. The minimum Gasteiger partial charge on any atom is -0.449 e. The van der Waals surface area contributed by atoms with Gasteiger partial charge in [0.25, 0.3) is 5.91 Å². The standard InChI is InChI=1S/C26H28N2O5S/c1-19(22-12-7-4-8-13-22)17-27-25(29)20(2)33-26(30)23-14-9-15-24(16-23)34(31,32)28-18-21-10-5-3-6-11-21/h3-16,19-20,28H,17-18H2,1-2H3,(H,27,29). The number of carbonyl (C=O) groups is 2. The number of hydrogen-bond acceptors (Lipinski definition) is 5. The lowest BCUT2D eigenvalue weighted by molar-refractivity contribution is -0.129. The van der Waals surface area contributed by atoms with Crippen molar-refractivity contribution in [3.63, 3.8) is 0 Å². The first-order chi connectivity index (χ1) is 16.3. The molecular weight excluding hydrogens is 452 g/mol. The fraction of sp³-hybridized carbons (Fsp3) is 0.231. The van der Waals surface area contributed by atoms with E-state index >= 15 is 0 Å². The Morgan fingerprint density at radius 3 is 2.21 bits per heavy atom. The molecule has 0 saturated heterocycles. The Morgan fingerprint density at radius 1 is 0.882 bits per heavy atom. The van der Waals surface area contributed by atoms with E-state index in [-0.39, 0.29) is 22.9 Å². The van der Waals surface area contributed by atoms with E-state index in [1.807, 2.05) is 67.6 Å². The molecule has 0 radical (unpaired) electrons. The van der Waals surface area contributed by atoms with Crippen LogP contribution in [0.4, 0.5) is 0 Å². The molecule has 2 atom stereocenters. The monoisotopic (exact) mass is 480 g/mol. The van der Waals surface area contributed by atoms with Crippen LogP contribution >= 0.6 is 0 Å². The van der Waals surface area contributed by atoms with Crippen molar-refractivity contribution < 1.29 is 22.7 Å². The Bertz CT molecular complexity index is 1210. The first-order valence-corrected chi connectivity index (χ1v) is 12.4. The number of ether oxygens (including phenoxy) is 1. The van der Waals surface area contributed by atoms with E-state index in [0.29, 0.717) is 6.54 Å². The molecule has 2 unspecified atom stereocenters. The second-order valence-electron chi connectivity index (χ2n) is 7.94. The van der Waals surface area contributed by atoms with Gasteiger partial charge in [-0.2, -0.15) is 0 Å². The molecule has 0 aliphatic rings. The maximum absolute atomic E-state index is 12.6. The van der Waals surface area contributed by atoms with E-state index in [1.165, 1.54) is 31.2 Å². The maximum Gasteiger partial charge on any atom is 0.338 e. The summed E-state index contributed by atoms with van der Waals surface area (Å²) in [6.45, 7) is 3.98. The van der Waals surface area contributed by atoms with Gasteiger partial charge in [0, 0.05) is 13.1 Å². The van der Waals surface area contributed by atoms with Crippen LogP contribution in [0.1, 0.15) is 41.3 Å². The zero-order chi connectivity index (χ0) is 24.6. The van der Waals surface area contributed by atoms with E-state index in [2.05, 4.69) is 10.0 Å². The molecule has 1 amide bonds. The van der Waals surface area contributed by atoms with Gasteiger partial charge in [-0.25, -0.2) is 17.9 Å². The molecule has 7 nitrogen and oxygen atoms in total. The lowest BCUT2D eigenvalue weighted by Crippen LogP contribution is -2.37. The van der Waals surface area contributed by atoms with E-state index in [0.717, 1.165) is 11.1 Å². The Kier molecular flexibility index (Phi) is 8.56. The van der Waals surface area contributed by atoms with Gasteiger partial charge >= 0.3 is 5.97 Å². The van der Waals surface area contributed by atoms with Crippen molar-refractivity contribution in [2.45, 2.75) is 37.3 Å². The molecule has 0 bridgehead atoms. The molecule has 0 aliphatic heterocycles. The van der Waals surface area contributed by atoms with E-state index in [9.17, 15) is 18.0 Å². The Hall–Kier alpha value is -3.49. The van der Waals surface area contributed by atoms with E-state index in [4.69, 9.17) is 4.74 Å². The number of rotatable bonds is 10. The molecule has 0 spiro atoms. The molecule has 34 heavy (non-hydrogen) atoms. The van der Waals surface area contributed by atoms with Crippen LogP contribution in [0.25, 0.3) is 0 Å². The zero-order valence-electron chi connectivity index (χ0n) is 19.1. The van der Waals surface area contributed by atoms with Crippen molar-refractivity contribution in [2.24, 2.45) is 0 Å². The SMILES string of the molecule is CC(OC(=O)c1cccc(S(=O)(=O)NCc2ccccc2)c1)C(=O)NCC(C)c1ccccc1. The van der Waals surface area contributed by atoms with E-state index in [1.54, 1.807) is 0 Å². The van der Waals surface area contributed by atoms with Crippen molar-refractivity contribution in [1.82, 2.24) is 10.0 Å². The quantitative estimate of drug-likeness (QED) is 0.432. The third kappa shape index (κ3) is 7.00. The molecular formula is C26H28N2O5S. The largest absolute Gasteiger partial charge is 0.449 e. The van der Waals surface area contributed by atoms with Gasteiger partial charge in [-0.3, -0.25) is 4.79 Å². The number of esters is 1. The lowest BCUT2D eigenvalue weighted by atomic mass is 10.0. The molecule has 0 fully saturated rings. The van der Waals surface area contributed by atoms with Crippen molar-refractivity contribution in [3.8, 4) is 0 Å². The van der Waals surface area contributed by atoms with Gasteiger partial charge in [0.05, 0.1) is 10.5 Å². The highest BCUT2D eigenvalue weighted by atomic mass is 32.2. The van der Waals surface area contributed by atoms with Gasteiger partial charge in [0.2, 0.25) is 10.0 Å². The van der Waals surface area contributed by atoms with Gasteiger partial charge in [-0.1, -0.05) is 73.7 Å². The topological polar surface area (TPSA) is 102 Å². The molecule has 0 aromatic heterocycles. The van der Waals surface area contributed by atoms with Crippen molar-refractivity contribution in [1.29, 1.82) is 0 Å². The Morgan fingerprint density at radius 2 is 1.53 bits per heavy atom. The predicted octanol–water partition coefficient (Wildman–Crippen LogP) is 3.63. The summed E-state index contributed by atoms with van der Waals surface area (Å²) in [7, 11) is -3.84. The predicted molar refractivity (Wildman–Crippen MR) is 130 cm³/mol. The molecule has 0 heterocycles. The molecule has 8 heteroatoms. The summed E-state index contributed by atoms with van der Waals surface area (Å²) in [4.78, 5) is 24.9. The number of amides is 1. The summed E-state index contributed by atoms with van der Waals surface area (Å²) in [6, 6.07) is 24.4. The third-order valence-corrected chi connectivity index (χ3v) is 6.69. The van der Waals surface area contributed by atoms with Gasteiger partial charge < -0.3 is 10.1 Å². The number of nitrogens with one attached hydrogen (secondary N) is 2.